The number of carbonyl (C=O) groups excluding carboxylic acids is 1. The molecule has 0 aromatic rings. The summed E-state index contributed by atoms with van der Waals surface area (Å²) in [5, 5.41) is 0. The fraction of sp³-hybridized carbons (Fsp3) is 0.545. The number of unbranched alkanes of at least 4 members (excludes halogenated alkanes) is 1. The van der Waals surface area contributed by atoms with Crippen LogP contribution in [-0.2, 0) is 4.79 Å². The van der Waals surface area contributed by atoms with Gasteiger partial charge >= 0.3 is 0 Å². The molecule has 0 saturated heterocycles. The highest BCUT2D eigenvalue weighted by Crippen LogP contribution is 1.98. The highest BCUT2D eigenvalue weighted by molar-refractivity contribution is 5.81. The molecular weight excluding hydrogens is 176 g/mol. The van der Waals surface area contributed by atoms with Gasteiger partial charge in [0, 0.05) is 20.0 Å². The highest BCUT2D eigenvalue weighted by Gasteiger charge is 2.15. The molecule has 0 aliphatic heterocycles. The van der Waals surface area contributed by atoms with Crippen LogP contribution in [0.1, 0.15) is 19.3 Å². The number of carbonyl (C=O) groups is 1. The topological polar surface area (TPSA) is 46.3 Å². The van der Waals surface area contributed by atoms with E-state index in [9.17, 15) is 4.79 Å². The van der Waals surface area contributed by atoms with Gasteiger partial charge < -0.3 is 10.6 Å². The molecule has 0 saturated carbocycles. The summed E-state index contributed by atoms with van der Waals surface area (Å²) in [6.45, 7) is 4.31. The van der Waals surface area contributed by atoms with Crippen LogP contribution >= 0.6 is 0 Å². The maximum atomic E-state index is 11.5. The minimum atomic E-state index is -0.561. The fourth-order valence-corrected chi connectivity index (χ4v) is 1.08. The monoisotopic (exact) mass is 194 g/mol. The number of amides is 1. The molecule has 0 rings (SSSR count). The molecule has 0 bridgehead atoms. The number of terminal acetylenes is 1. The molecule has 1 unspecified atom stereocenters. The van der Waals surface area contributed by atoms with E-state index in [1.807, 2.05) is 6.08 Å². The van der Waals surface area contributed by atoms with Gasteiger partial charge in [-0.1, -0.05) is 6.08 Å². The first-order valence-electron chi connectivity index (χ1n) is 4.68. The predicted molar refractivity (Wildman–Crippen MR) is 58.5 cm³/mol. The Morgan fingerprint density at radius 3 is 2.93 bits per heavy atom. The van der Waals surface area contributed by atoms with Crippen molar-refractivity contribution in [2.75, 3.05) is 13.6 Å². The molecule has 78 valence electrons. The van der Waals surface area contributed by atoms with Crippen molar-refractivity contribution in [3.63, 3.8) is 0 Å². The lowest BCUT2D eigenvalue weighted by Gasteiger charge is -2.19. The van der Waals surface area contributed by atoms with Crippen LogP contribution in [0.2, 0.25) is 0 Å². The van der Waals surface area contributed by atoms with E-state index in [1.165, 1.54) is 0 Å². The molecule has 0 aromatic carbocycles. The minimum absolute atomic E-state index is 0.0907. The molecule has 3 heteroatoms. The van der Waals surface area contributed by atoms with E-state index in [2.05, 4.69) is 12.5 Å². The van der Waals surface area contributed by atoms with E-state index < -0.39 is 6.04 Å². The molecule has 0 aliphatic carbocycles. The minimum Gasteiger partial charge on any atom is -0.344 e. The van der Waals surface area contributed by atoms with Gasteiger partial charge in [-0.25, -0.2) is 0 Å². The van der Waals surface area contributed by atoms with Gasteiger partial charge in [0.1, 0.15) is 0 Å². The van der Waals surface area contributed by atoms with E-state index in [0.717, 1.165) is 12.8 Å². The van der Waals surface area contributed by atoms with E-state index in [1.54, 1.807) is 11.9 Å². The van der Waals surface area contributed by atoms with Crippen LogP contribution in [0, 0.1) is 12.3 Å². The summed E-state index contributed by atoms with van der Waals surface area (Å²) in [5.74, 6) is 2.29. The van der Waals surface area contributed by atoms with Crippen molar-refractivity contribution >= 4 is 5.91 Å². The number of hydrogen-bond donors (Lipinski definition) is 1. The van der Waals surface area contributed by atoms with Crippen LogP contribution in [0.5, 0.6) is 0 Å². The highest BCUT2D eigenvalue weighted by atomic mass is 16.2. The number of rotatable bonds is 6. The Morgan fingerprint density at radius 1 is 1.79 bits per heavy atom. The third kappa shape index (κ3) is 4.68. The zero-order chi connectivity index (χ0) is 11.0. The number of nitrogens with zero attached hydrogens (tertiary/aromatic N) is 1. The largest absolute Gasteiger partial charge is 0.344 e. The molecule has 0 spiro atoms. The average molecular weight is 194 g/mol. The van der Waals surface area contributed by atoms with Crippen LogP contribution < -0.4 is 5.73 Å². The summed E-state index contributed by atoms with van der Waals surface area (Å²) in [4.78, 5) is 13.1. The molecule has 3 nitrogen and oxygen atoms in total. The Bertz CT molecular complexity index is 230. The van der Waals surface area contributed by atoms with E-state index in [0.29, 0.717) is 13.0 Å². The Balaban J connectivity index is 3.86. The van der Waals surface area contributed by atoms with Gasteiger partial charge in [-0.05, 0) is 12.8 Å². The van der Waals surface area contributed by atoms with Crippen molar-refractivity contribution < 1.29 is 4.79 Å². The maximum absolute atomic E-state index is 11.5. The summed E-state index contributed by atoms with van der Waals surface area (Å²) in [7, 11) is 1.74. The Kier molecular flexibility index (Phi) is 6.51. The Labute approximate surface area is 86.0 Å². The van der Waals surface area contributed by atoms with Crippen LogP contribution in [0.25, 0.3) is 0 Å². The van der Waals surface area contributed by atoms with Crippen molar-refractivity contribution in [2.24, 2.45) is 5.73 Å². The van der Waals surface area contributed by atoms with Crippen LogP contribution in [-0.4, -0.2) is 30.4 Å². The average Bonchev–Trinajstić information content (AvgIpc) is 2.17. The van der Waals surface area contributed by atoms with Gasteiger partial charge in [-0.2, -0.15) is 0 Å². The van der Waals surface area contributed by atoms with Crippen LogP contribution in [0.3, 0.4) is 0 Å². The molecule has 0 heterocycles. The molecule has 0 aromatic heterocycles. The summed E-state index contributed by atoms with van der Waals surface area (Å²) in [6, 6.07) is -0.561. The van der Waals surface area contributed by atoms with E-state index >= 15 is 0 Å². The van der Waals surface area contributed by atoms with Crippen LogP contribution in [0.15, 0.2) is 12.7 Å². The zero-order valence-electron chi connectivity index (χ0n) is 8.70. The Morgan fingerprint density at radius 2 is 2.43 bits per heavy atom. The molecular formula is C11H18N2O. The lowest BCUT2D eigenvalue weighted by Crippen LogP contribution is -2.41. The summed E-state index contributed by atoms with van der Waals surface area (Å²) in [6.07, 6.45) is 9.02. The zero-order valence-corrected chi connectivity index (χ0v) is 8.70. The van der Waals surface area contributed by atoms with Crippen molar-refractivity contribution in [2.45, 2.75) is 25.3 Å². The van der Waals surface area contributed by atoms with Gasteiger partial charge in [0.25, 0.3) is 0 Å². The quantitative estimate of drug-likeness (QED) is 0.385. The smallest absolute Gasteiger partial charge is 0.240 e. The second kappa shape index (κ2) is 7.16. The van der Waals surface area contributed by atoms with Gasteiger partial charge in [0.15, 0.2) is 0 Å². The van der Waals surface area contributed by atoms with Crippen molar-refractivity contribution in [3.8, 4) is 12.3 Å². The van der Waals surface area contributed by atoms with Crippen LogP contribution in [0.4, 0.5) is 0 Å². The summed E-state index contributed by atoms with van der Waals surface area (Å²) >= 11 is 0. The number of likely N-dealkylation sites (N-methyl/N-ethyl adjacent to an activating group) is 1. The number of allylic oxidation sites excluding steroid dienone is 1. The molecule has 0 fully saturated rings. The third-order valence-electron chi connectivity index (χ3n) is 1.93. The van der Waals surface area contributed by atoms with Gasteiger partial charge in [0.2, 0.25) is 5.91 Å². The van der Waals surface area contributed by atoms with Gasteiger partial charge in [-0.15, -0.1) is 18.9 Å². The second-order valence-electron chi connectivity index (χ2n) is 3.21. The molecule has 1 atom stereocenters. The number of hydrogen-bond acceptors (Lipinski definition) is 2. The summed E-state index contributed by atoms with van der Waals surface area (Å²) in [5.41, 5.74) is 5.58. The maximum Gasteiger partial charge on any atom is 0.240 e. The molecule has 0 radical (unpaired) electrons. The molecule has 14 heavy (non-hydrogen) atoms. The molecule has 0 aliphatic rings. The van der Waals surface area contributed by atoms with E-state index in [4.69, 9.17) is 12.2 Å². The van der Waals surface area contributed by atoms with Crippen molar-refractivity contribution in [1.29, 1.82) is 0 Å². The molecule has 1 amide bonds. The fourth-order valence-electron chi connectivity index (χ4n) is 1.08. The SMILES string of the molecule is C#CCC(N)C(=O)N(C)CCCC=C. The van der Waals surface area contributed by atoms with Crippen molar-refractivity contribution in [1.82, 2.24) is 4.90 Å². The standard InChI is InChI=1S/C11H18N2O/c1-4-6-7-9-13(3)11(14)10(12)8-5-2/h2,4,10H,1,6-9,12H2,3H3. The molecule has 2 N–H and O–H groups in total. The first-order valence-corrected chi connectivity index (χ1v) is 4.68. The van der Waals surface area contributed by atoms with Crippen molar-refractivity contribution in [3.05, 3.63) is 12.7 Å². The number of nitrogens with two attached hydrogens (primary N) is 1. The lowest BCUT2D eigenvalue weighted by molar-refractivity contribution is -0.131. The predicted octanol–water partition coefficient (Wildman–Crippen LogP) is 0.762. The first-order chi connectivity index (χ1) is 6.63. The summed E-state index contributed by atoms with van der Waals surface area (Å²) < 4.78 is 0. The third-order valence-corrected chi connectivity index (χ3v) is 1.93. The first kappa shape index (κ1) is 12.7. The van der Waals surface area contributed by atoms with Gasteiger partial charge in [0.05, 0.1) is 6.04 Å². The normalized spacial score (nSPS) is 11.5. The lowest BCUT2D eigenvalue weighted by atomic mass is 10.2. The second-order valence-corrected chi connectivity index (χ2v) is 3.21. The Hall–Kier alpha value is -1.27. The van der Waals surface area contributed by atoms with E-state index in [-0.39, 0.29) is 5.91 Å². The van der Waals surface area contributed by atoms with Gasteiger partial charge in [-0.3, -0.25) is 4.79 Å².